The van der Waals surface area contributed by atoms with Crippen molar-refractivity contribution in [3.05, 3.63) is 53.2 Å². The molecule has 1 aromatic heterocycles. The minimum absolute atomic E-state index is 0.294. The van der Waals surface area contributed by atoms with Gasteiger partial charge >= 0.3 is 5.97 Å². The third-order valence-corrected chi connectivity index (χ3v) is 6.32. The van der Waals surface area contributed by atoms with Crippen molar-refractivity contribution in [2.24, 2.45) is 0 Å². The molecule has 2 rings (SSSR count). The monoisotopic (exact) mass is 443 g/mol. The van der Waals surface area contributed by atoms with Gasteiger partial charge in [-0.25, -0.2) is 4.79 Å². The molecule has 0 spiro atoms. The van der Waals surface area contributed by atoms with E-state index in [9.17, 15) is 9.90 Å². The first-order chi connectivity index (χ1) is 15.1. The zero-order valence-corrected chi connectivity index (χ0v) is 20.0. The number of halogens is 1. The SMILES string of the molecule is CCCCCCCC[C@H](Cl)c1cc(-c2ccc(CCCCCC)cn2)ccc1C(=O)O. The summed E-state index contributed by atoms with van der Waals surface area (Å²) in [5, 5.41) is 9.33. The number of alkyl halides is 1. The Morgan fingerprint density at radius 3 is 2.26 bits per heavy atom. The molecule has 1 aromatic carbocycles. The van der Waals surface area contributed by atoms with Crippen molar-refractivity contribution in [1.82, 2.24) is 4.98 Å². The second-order valence-corrected chi connectivity index (χ2v) is 9.02. The van der Waals surface area contributed by atoms with Crippen LogP contribution in [0.3, 0.4) is 0 Å². The number of hydrogen-bond donors (Lipinski definition) is 1. The van der Waals surface area contributed by atoms with E-state index in [1.807, 2.05) is 24.4 Å². The van der Waals surface area contributed by atoms with Gasteiger partial charge < -0.3 is 5.11 Å². The fourth-order valence-corrected chi connectivity index (χ4v) is 4.27. The highest BCUT2D eigenvalue weighted by molar-refractivity contribution is 6.21. The van der Waals surface area contributed by atoms with Crippen LogP contribution in [0.25, 0.3) is 11.3 Å². The summed E-state index contributed by atoms with van der Waals surface area (Å²) in [7, 11) is 0. The Labute approximate surface area is 193 Å². The number of rotatable bonds is 15. The fourth-order valence-electron chi connectivity index (χ4n) is 3.93. The van der Waals surface area contributed by atoms with Gasteiger partial charge in [0, 0.05) is 11.8 Å². The molecular weight excluding hydrogens is 406 g/mol. The van der Waals surface area contributed by atoms with E-state index in [-0.39, 0.29) is 5.38 Å². The minimum atomic E-state index is -0.925. The molecule has 0 unspecified atom stereocenters. The molecule has 2 aromatic rings. The van der Waals surface area contributed by atoms with Gasteiger partial charge in [-0.05, 0) is 48.6 Å². The lowest BCUT2D eigenvalue weighted by molar-refractivity contribution is 0.0695. The third kappa shape index (κ3) is 8.65. The average molecular weight is 444 g/mol. The van der Waals surface area contributed by atoms with Crippen LogP contribution in [-0.4, -0.2) is 16.1 Å². The topological polar surface area (TPSA) is 50.2 Å². The Kier molecular flexibility index (Phi) is 11.7. The lowest BCUT2D eigenvalue weighted by Crippen LogP contribution is -2.05. The summed E-state index contributed by atoms with van der Waals surface area (Å²) in [5.41, 5.74) is 4.03. The molecule has 0 bridgehead atoms. The number of benzene rings is 1. The molecule has 1 N–H and O–H groups in total. The summed E-state index contributed by atoms with van der Waals surface area (Å²) in [6, 6.07) is 9.59. The number of carboxylic acid groups (broad SMARTS) is 1. The number of carbonyl (C=O) groups is 1. The molecule has 0 aliphatic rings. The van der Waals surface area contributed by atoms with Crippen molar-refractivity contribution < 1.29 is 9.90 Å². The Morgan fingerprint density at radius 1 is 0.935 bits per heavy atom. The number of unbranched alkanes of at least 4 members (excludes halogenated alkanes) is 8. The summed E-state index contributed by atoms with van der Waals surface area (Å²) in [4.78, 5) is 16.4. The predicted molar refractivity (Wildman–Crippen MR) is 131 cm³/mol. The molecule has 1 atom stereocenters. The normalized spacial score (nSPS) is 12.1. The van der Waals surface area contributed by atoms with Crippen LogP contribution in [-0.2, 0) is 6.42 Å². The van der Waals surface area contributed by atoms with Gasteiger partial charge in [-0.3, -0.25) is 4.98 Å². The Morgan fingerprint density at radius 2 is 1.61 bits per heavy atom. The molecule has 0 aliphatic heterocycles. The van der Waals surface area contributed by atoms with Crippen molar-refractivity contribution in [3.8, 4) is 11.3 Å². The molecular formula is C27H38ClNO2. The average Bonchev–Trinajstić information content (AvgIpc) is 2.79. The maximum atomic E-state index is 11.7. The predicted octanol–water partition coefficient (Wildman–Crippen LogP) is 8.60. The van der Waals surface area contributed by atoms with Crippen LogP contribution >= 0.6 is 11.6 Å². The van der Waals surface area contributed by atoms with E-state index in [0.29, 0.717) is 11.1 Å². The molecule has 0 saturated carbocycles. The van der Waals surface area contributed by atoms with E-state index in [0.717, 1.165) is 36.9 Å². The molecule has 4 heteroatoms. The van der Waals surface area contributed by atoms with E-state index in [2.05, 4.69) is 24.9 Å². The number of aryl methyl sites for hydroxylation is 1. The van der Waals surface area contributed by atoms with Crippen LogP contribution < -0.4 is 0 Å². The lowest BCUT2D eigenvalue weighted by atomic mass is 9.96. The second-order valence-electron chi connectivity index (χ2n) is 8.49. The van der Waals surface area contributed by atoms with Crippen LogP contribution in [0.4, 0.5) is 0 Å². The van der Waals surface area contributed by atoms with Crippen molar-refractivity contribution in [2.75, 3.05) is 0 Å². The van der Waals surface area contributed by atoms with Gasteiger partial charge in [0.25, 0.3) is 0 Å². The smallest absolute Gasteiger partial charge is 0.336 e. The third-order valence-electron chi connectivity index (χ3n) is 5.87. The standard InChI is InChI=1S/C27H38ClNO2/c1-3-5-7-9-10-12-14-25(28)24-19-22(16-17-23(24)27(30)31)26-18-15-21(20-29-26)13-11-8-6-4-2/h15-20,25H,3-14H2,1-2H3,(H,30,31)/t25-/m0/s1. The maximum absolute atomic E-state index is 11.7. The molecule has 0 aliphatic carbocycles. The summed E-state index contributed by atoms with van der Waals surface area (Å²) in [5.74, 6) is -0.925. The van der Waals surface area contributed by atoms with E-state index < -0.39 is 5.97 Å². The van der Waals surface area contributed by atoms with E-state index >= 15 is 0 Å². The van der Waals surface area contributed by atoms with E-state index in [4.69, 9.17) is 11.6 Å². The van der Waals surface area contributed by atoms with Gasteiger partial charge in [0.1, 0.15) is 0 Å². The van der Waals surface area contributed by atoms with Crippen LogP contribution in [0, 0.1) is 0 Å². The molecule has 31 heavy (non-hydrogen) atoms. The summed E-state index contributed by atoms with van der Waals surface area (Å²) in [6.07, 6.45) is 15.9. The van der Waals surface area contributed by atoms with Gasteiger partial charge in [0.15, 0.2) is 0 Å². The molecule has 0 amide bonds. The number of nitrogens with zero attached hydrogens (tertiary/aromatic N) is 1. The van der Waals surface area contributed by atoms with Gasteiger partial charge in [0.05, 0.1) is 16.6 Å². The molecule has 0 radical (unpaired) electrons. The molecule has 0 saturated heterocycles. The van der Waals surface area contributed by atoms with Crippen molar-refractivity contribution in [3.63, 3.8) is 0 Å². The first-order valence-electron chi connectivity index (χ1n) is 12.0. The van der Waals surface area contributed by atoms with Crippen LogP contribution in [0.2, 0.25) is 0 Å². The largest absolute Gasteiger partial charge is 0.478 e. The van der Waals surface area contributed by atoms with E-state index in [1.165, 1.54) is 56.9 Å². The Bertz CT molecular complexity index is 788. The number of aromatic carboxylic acids is 1. The first kappa shape index (κ1) is 25.4. The summed E-state index contributed by atoms with van der Waals surface area (Å²) in [6.45, 7) is 4.43. The molecule has 0 fully saturated rings. The molecule has 170 valence electrons. The van der Waals surface area contributed by atoms with Gasteiger partial charge in [0.2, 0.25) is 0 Å². The van der Waals surface area contributed by atoms with Crippen LogP contribution in [0.15, 0.2) is 36.5 Å². The highest BCUT2D eigenvalue weighted by atomic mass is 35.5. The van der Waals surface area contributed by atoms with E-state index in [1.54, 1.807) is 6.07 Å². The molecule has 3 nitrogen and oxygen atoms in total. The van der Waals surface area contributed by atoms with Gasteiger partial charge in [-0.2, -0.15) is 0 Å². The first-order valence-corrected chi connectivity index (χ1v) is 12.5. The highest BCUT2D eigenvalue weighted by Gasteiger charge is 2.18. The number of carboxylic acids is 1. The zero-order valence-electron chi connectivity index (χ0n) is 19.2. The highest BCUT2D eigenvalue weighted by Crippen LogP contribution is 2.33. The fraction of sp³-hybridized carbons (Fsp3) is 0.556. The van der Waals surface area contributed by atoms with Crippen LogP contribution in [0.1, 0.15) is 111 Å². The summed E-state index contributed by atoms with van der Waals surface area (Å²) >= 11 is 6.68. The zero-order chi connectivity index (χ0) is 22.5. The van der Waals surface area contributed by atoms with Gasteiger partial charge in [-0.1, -0.05) is 83.8 Å². The van der Waals surface area contributed by atoms with Crippen molar-refractivity contribution in [1.29, 1.82) is 0 Å². The number of hydrogen-bond acceptors (Lipinski definition) is 2. The quantitative estimate of drug-likeness (QED) is 0.221. The Hall–Kier alpha value is -1.87. The second kappa shape index (κ2) is 14.2. The van der Waals surface area contributed by atoms with Crippen molar-refractivity contribution in [2.45, 2.75) is 96.3 Å². The molecule has 1 heterocycles. The Balaban J connectivity index is 2.05. The number of pyridine rings is 1. The maximum Gasteiger partial charge on any atom is 0.336 e. The van der Waals surface area contributed by atoms with Crippen molar-refractivity contribution >= 4 is 17.6 Å². The number of aromatic nitrogens is 1. The van der Waals surface area contributed by atoms with Crippen LogP contribution in [0.5, 0.6) is 0 Å². The lowest BCUT2D eigenvalue weighted by Gasteiger charge is -2.15. The minimum Gasteiger partial charge on any atom is -0.478 e. The van der Waals surface area contributed by atoms with Gasteiger partial charge in [-0.15, -0.1) is 11.6 Å². The summed E-state index contributed by atoms with van der Waals surface area (Å²) < 4.78 is 0.